The maximum Gasteiger partial charge on any atom is 0.244 e. The van der Waals surface area contributed by atoms with Crippen LogP contribution in [0.3, 0.4) is 0 Å². The molecule has 0 atom stereocenters. The summed E-state index contributed by atoms with van der Waals surface area (Å²) in [4.78, 5) is 11.8. The third-order valence-electron chi connectivity index (χ3n) is 3.84. The fraction of sp³-hybridized carbons (Fsp3) is 0.353. The molecule has 0 radical (unpaired) electrons. The SMILES string of the molecule is COc1ccc2oc(/C=C/C(=O)NC3CCCC3)cc2c1. The van der Waals surface area contributed by atoms with Crippen LogP contribution in [0.1, 0.15) is 31.4 Å². The highest BCUT2D eigenvalue weighted by Crippen LogP contribution is 2.24. The third kappa shape index (κ3) is 3.27. The lowest BCUT2D eigenvalue weighted by atomic mass is 10.2. The van der Waals surface area contributed by atoms with Crippen molar-refractivity contribution in [3.8, 4) is 5.75 Å². The van der Waals surface area contributed by atoms with E-state index in [0.29, 0.717) is 11.8 Å². The first-order chi connectivity index (χ1) is 10.2. The van der Waals surface area contributed by atoms with E-state index < -0.39 is 0 Å². The van der Waals surface area contributed by atoms with E-state index >= 15 is 0 Å². The summed E-state index contributed by atoms with van der Waals surface area (Å²) in [6, 6.07) is 7.87. The van der Waals surface area contributed by atoms with Crippen LogP contribution in [0, 0.1) is 0 Å². The molecule has 2 aromatic rings. The molecule has 1 fully saturated rings. The first-order valence-corrected chi connectivity index (χ1v) is 7.31. The molecule has 1 saturated carbocycles. The topological polar surface area (TPSA) is 51.5 Å². The molecule has 0 aliphatic heterocycles. The molecule has 1 aliphatic carbocycles. The number of methoxy groups -OCH3 is 1. The molecule has 1 aromatic heterocycles. The molecule has 1 heterocycles. The fourth-order valence-corrected chi connectivity index (χ4v) is 2.73. The molecule has 1 N–H and O–H groups in total. The summed E-state index contributed by atoms with van der Waals surface area (Å²) in [5.74, 6) is 1.40. The molecule has 4 heteroatoms. The van der Waals surface area contributed by atoms with Gasteiger partial charge in [0.1, 0.15) is 17.1 Å². The molecule has 0 bridgehead atoms. The number of carbonyl (C=O) groups is 1. The smallest absolute Gasteiger partial charge is 0.244 e. The van der Waals surface area contributed by atoms with E-state index in [-0.39, 0.29) is 5.91 Å². The van der Waals surface area contributed by atoms with Crippen molar-refractivity contribution in [3.63, 3.8) is 0 Å². The maximum atomic E-state index is 11.8. The van der Waals surface area contributed by atoms with Crippen molar-refractivity contribution in [2.75, 3.05) is 7.11 Å². The highest BCUT2D eigenvalue weighted by atomic mass is 16.5. The average molecular weight is 285 g/mol. The molecule has 0 spiro atoms. The summed E-state index contributed by atoms with van der Waals surface area (Å²) in [5, 5.41) is 3.98. The minimum absolute atomic E-state index is 0.0556. The van der Waals surface area contributed by atoms with Gasteiger partial charge < -0.3 is 14.5 Å². The number of furan rings is 1. The van der Waals surface area contributed by atoms with Gasteiger partial charge in [0.05, 0.1) is 7.11 Å². The van der Waals surface area contributed by atoms with Crippen molar-refractivity contribution in [1.82, 2.24) is 5.32 Å². The summed E-state index contributed by atoms with van der Waals surface area (Å²) in [7, 11) is 1.63. The zero-order valence-electron chi connectivity index (χ0n) is 12.1. The second kappa shape index (κ2) is 6.04. The number of hydrogen-bond acceptors (Lipinski definition) is 3. The number of rotatable bonds is 4. The van der Waals surface area contributed by atoms with Gasteiger partial charge in [-0.1, -0.05) is 12.8 Å². The van der Waals surface area contributed by atoms with Crippen molar-refractivity contribution >= 4 is 23.0 Å². The Bertz CT molecular complexity index is 666. The van der Waals surface area contributed by atoms with Gasteiger partial charge in [-0.05, 0) is 43.2 Å². The predicted molar refractivity (Wildman–Crippen MR) is 82.2 cm³/mol. The second-order valence-corrected chi connectivity index (χ2v) is 5.38. The highest BCUT2D eigenvalue weighted by molar-refractivity contribution is 5.92. The zero-order chi connectivity index (χ0) is 14.7. The summed E-state index contributed by atoms with van der Waals surface area (Å²) in [6.07, 6.45) is 7.83. The third-order valence-corrected chi connectivity index (χ3v) is 3.84. The number of ether oxygens (including phenoxy) is 1. The maximum absolute atomic E-state index is 11.8. The van der Waals surface area contributed by atoms with Crippen LogP contribution >= 0.6 is 0 Å². The van der Waals surface area contributed by atoms with Gasteiger partial charge in [-0.25, -0.2) is 0 Å². The normalized spacial score (nSPS) is 15.9. The van der Waals surface area contributed by atoms with Crippen LogP contribution in [-0.4, -0.2) is 19.1 Å². The van der Waals surface area contributed by atoms with Gasteiger partial charge in [-0.15, -0.1) is 0 Å². The van der Waals surface area contributed by atoms with Crippen molar-refractivity contribution in [1.29, 1.82) is 0 Å². The summed E-state index contributed by atoms with van der Waals surface area (Å²) in [5.41, 5.74) is 0.784. The standard InChI is InChI=1S/C17H19NO3/c1-20-14-6-8-16-12(10-14)11-15(21-16)7-9-17(19)18-13-4-2-3-5-13/h6-11,13H,2-5H2,1H3,(H,18,19)/b9-7+. The van der Waals surface area contributed by atoms with Crippen LogP contribution in [0.5, 0.6) is 5.75 Å². The van der Waals surface area contributed by atoms with E-state index in [1.54, 1.807) is 13.2 Å². The van der Waals surface area contributed by atoms with Crippen molar-refractivity contribution in [3.05, 3.63) is 36.1 Å². The van der Waals surface area contributed by atoms with Gasteiger partial charge in [0.25, 0.3) is 0 Å². The van der Waals surface area contributed by atoms with Crippen molar-refractivity contribution in [2.45, 2.75) is 31.7 Å². The van der Waals surface area contributed by atoms with Crippen molar-refractivity contribution < 1.29 is 13.9 Å². The minimum atomic E-state index is -0.0556. The van der Waals surface area contributed by atoms with Crippen LogP contribution < -0.4 is 10.1 Å². The Morgan fingerprint density at radius 2 is 2.14 bits per heavy atom. The Morgan fingerprint density at radius 1 is 1.33 bits per heavy atom. The Hall–Kier alpha value is -2.23. The first-order valence-electron chi connectivity index (χ1n) is 7.31. The lowest BCUT2D eigenvalue weighted by Gasteiger charge is -2.08. The summed E-state index contributed by atoms with van der Waals surface area (Å²) in [6.45, 7) is 0. The number of amides is 1. The summed E-state index contributed by atoms with van der Waals surface area (Å²) >= 11 is 0. The largest absolute Gasteiger partial charge is 0.497 e. The molecule has 3 rings (SSSR count). The van der Waals surface area contributed by atoms with Crippen molar-refractivity contribution in [2.24, 2.45) is 0 Å². The molecule has 1 amide bonds. The molecule has 110 valence electrons. The van der Waals surface area contributed by atoms with Gasteiger partial charge in [0.2, 0.25) is 5.91 Å². The van der Waals surface area contributed by atoms with E-state index in [1.165, 1.54) is 18.9 Å². The van der Waals surface area contributed by atoms with E-state index in [4.69, 9.17) is 9.15 Å². The Labute approximate surface area is 123 Å². The van der Waals surface area contributed by atoms with E-state index in [1.807, 2.05) is 24.3 Å². The molecular weight excluding hydrogens is 266 g/mol. The van der Waals surface area contributed by atoms with Crippen LogP contribution in [0.4, 0.5) is 0 Å². The number of benzene rings is 1. The van der Waals surface area contributed by atoms with Gasteiger partial charge in [0, 0.05) is 17.5 Å². The van der Waals surface area contributed by atoms with E-state index in [9.17, 15) is 4.79 Å². The number of carbonyl (C=O) groups excluding carboxylic acids is 1. The fourth-order valence-electron chi connectivity index (χ4n) is 2.73. The highest BCUT2D eigenvalue weighted by Gasteiger charge is 2.15. The molecule has 0 unspecified atom stereocenters. The second-order valence-electron chi connectivity index (χ2n) is 5.38. The Morgan fingerprint density at radius 3 is 2.90 bits per heavy atom. The van der Waals surface area contributed by atoms with Crippen LogP contribution in [0.15, 0.2) is 34.8 Å². The number of nitrogens with one attached hydrogen (secondary N) is 1. The summed E-state index contributed by atoms with van der Waals surface area (Å²) < 4.78 is 10.8. The molecule has 21 heavy (non-hydrogen) atoms. The predicted octanol–water partition coefficient (Wildman–Crippen LogP) is 3.51. The van der Waals surface area contributed by atoms with Gasteiger partial charge in [-0.2, -0.15) is 0 Å². The molecule has 1 aromatic carbocycles. The van der Waals surface area contributed by atoms with Gasteiger partial charge in [0.15, 0.2) is 0 Å². The van der Waals surface area contributed by atoms with E-state index in [2.05, 4.69) is 5.32 Å². The zero-order valence-corrected chi connectivity index (χ0v) is 12.1. The monoisotopic (exact) mass is 285 g/mol. The number of fused-ring (bicyclic) bond motifs is 1. The van der Waals surface area contributed by atoms with Crippen LogP contribution in [0.2, 0.25) is 0 Å². The van der Waals surface area contributed by atoms with Gasteiger partial charge >= 0.3 is 0 Å². The Kier molecular flexibility index (Phi) is 3.95. The quantitative estimate of drug-likeness (QED) is 0.874. The van der Waals surface area contributed by atoms with Crippen LogP contribution in [-0.2, 0) is 4.79 Å². The molecule has 0 saturated heterocycles. The minimum Gasteiger partial charge on any atom is -0.497 e. The average Bonchev–Trinajstić information content (AvgIpc) is 3.12. The molecule has 4 nitrogen and oxygen atoms in total. The first kappa shape index (κ1) is 13.7. The van der Waals surface area contributed by atoms with E-state index in [0.717, 1.165) is 29.6 Å². The Balaban J connectivity index is 1.68. The number of hydrogen-bond donors (Lipinski definition) is 1. The van der Waals surface area contributed by atoms with Gasteiger partial charge in [-0.3, -0.25) is 4.79 Å². The lowest BCUT2D eigenvalue weighted by molar-refractivity contribution is -0.117. The lowest BCUT2D eigenvalue weighted by Crippen LogP contribution is -2.30. The molecule has 1 aliphatic rings. The molecular formula is C17H19NO3. The van der Waals surface area contributed by atoms with Crippen LogP contribution in [0.25, 0.3) is 17.0 Å².